The predicted molar refractivity (Wildman–Crippen MR) is 107 cm³/mol. The highest BCUT2D eigenvalue weighted by molar-refractivity contribution is 7.92. The van der Waals surface area contributed by atoms with Crippen molar-refractivity contribution in [1.29, 1.82) is 0 Å². The molecule has 0 bridgehead atoms. The van der Waals surface area contributed by atoms with Crippen molar-refractivity contribution < 1.29 is 22.7 Å². The third-order valence-electron chi connectivity index (χ3n) is 3.73. The topological polar surface area (TPSA) is 102 Å². The van der Waals surface area contributed by atoms with E-state index in [9.17, 15) is 18.0 Å². The highest BCUT2D eigenvalue weighted by Crippen LogP contribution is 2.26. The largest absolute Gasteiger partial charge is 0.465 e. The van der Waals surface area contributed by atoms with E-state index in [-0.39, 0.29) is 32.7 Å². The highest BCUT2D eigenvalue weighted by Gasteiger charge is 2.23. The number of ether oxygens (including phenoxy) is 1. The lowest BCUT2D eigenvalue weighted by Gasteiger charge is -2.14. The summed E-state index contributed by atoms with van der Waals surface area (Å²) in [5.41, 5.74) is 0.311. The molecule has 0 aliphatic heterocycles. The molecule has 0 unspecified atom stereocenters. The molecule has 0 spiro atoms. The number of rotatable bonds is 7. The van der Waals surface area contributed by atoms with Crippen molar-refractivity contribution in [2.24, 2.45) is 5.92 Å². The van der Waals surface area contributed by atoms with Crippen LogP contribution in [0.15, 0.2) is 47.4 Å². The Morgan fingerprint density at radius 2 is 1.82 bits per heavy atom. The Kier molecular flexibility index (Phi) is 7.04. The van der Waals surface area contributed by atoms with E-state index in [0.717, 1.165) is 6.07 Å². The number of hydrogen-bond donors (Lipinski definition) is 2. The summed E-state index contributed by atoms with van der Waals surface area (Å²) in [7, 11) is -2.98. The fraction of sp³-hybridized carbons (Fsp3) is 0.263. The van der Waals surface area contributed by atoms with Gasteiger partial charge in [-0.05, 0) is 36.2 Å². The maximum Gasteiger partial charge on any atom is 0.337 e. The Morgan fingerprint density at radius 1 is 1.14 bits per heavy atom. The molecule has 0 aliphatic rings. The molecule has 2 rings (SSSR count). The molecule has 150 valence electrons. The first-order valence-electron chi connectivity index (χ1n) is 8.43. The zero-order valence-corrected chi connectivity index (χ0v) is 17.2. The number of hydrogen-bond acceptors (Lipinski definition) is 5. The molecule has 0 saturated heterocycles. The van der Waals surface area contributed by atoms with Crippen LogP contribution in [0.4, 0.5) is 5.69 Å². The molecular formula is C19H21ClN2O5S. The lowest BCUT2D eigenvalue weighted by atomic mass is 10.1. The van der Waals surface area contributed by atoms with Gasteiger partial charge in [-0.1, -0.05) is 37.6 Å². The molecular weight excluding hydrogens is 404 g/mol. The number of amides is 1. The van der Waals surface area contributed by atoms with Gasteiger partial charge in [0.2, 0.25) is 0 Å². The summed E-state index contributed by atoms with van der Waals surface area (Å²) < 4.78 is 32.7. The number of nitrogens with one attached hydrogen (secondary N) is 2. The van der Waals surface area contributed by atoms with Crippen LogP contribution in [0.3, 0.4) is 0 Å². The second-order valence-corrected chi connectivity index (χ2v) is 8.45. The zero-order chi connectivity index (χ0) is 20.9. The summed E-state index contributed by atoms with van der Waals surface area (Å²) >= 11 is 6.03. The first-order chi connectivity index (χ1) is 13.2. The van der Waals surface area contributed by atoms with Gasteiger partial charge in [-0.2, -0.15) is 0 Å². The Morgan fingerprint density at radius 3 is 2.46 bits per heavy atom. The lowest BCUT2D eigenvalue weighted by Crippen LogP contribution is -2.28. The molecule has 0 atom stereocenters. The number of para-hydroxylation sites is 1. The average Bonchev–Trinajstić information content (AvgIpc) is 2.65. The van der Waals surface area contributed by atoms with Crippen molar-refractivity contribution in [2.45, 2.75) is 18.7 Å². The van der Waals surface area contributed by atoms with E-state index in [1.54, 1.807) is 12.1 Å². The van der Waals surface area contributed by atoms with E-state index in [4.69, 9.17) is 11.6 Å². The standard InChI is InChI=1S/C19H21ClN2O5S/c1-12(2)11-21-18(23)14-6-4-5-7-16(14)22-28(25,26)17-10-13(19(24)27-3)8-9-15(17)20/h4-10,12,22H,11H2,1-3H3,(H,21,23). The van der Waals surface area contributed by atoms with Crippen LogP contribution < -0.4 is 10.0 Å². The van der Waals surface area contributed by atoms with Gasteiger partial charge < -0.3 is 10.1 Å². The Balaban J connectivity index is 2.38. The summed E-state index contributed by atoms with van der Waals surface area (Å²) in [6.07, 6.45) is 0. The van der Waals surface area contributed by atoms with Gasteiger partial charge in [0.05, 0.1) is 28.9 Å². The van der Waals surface area contributed by atoms with Crippen molar-refractivity contribution in [2.75, 3.05) is 18.4 Å². The minimum atomic E-state index is -4.17. The second-order valence-electron chi connectivity index (χ2n) is 6.39. The molecule has 0 heterocycles. The summed E-state index contributed by atoms with van der Waals surface area (Å²) in [6, 6.07) is 10.00. The minimum Gasteiger partial charge on any atom is -0.465 e. The third kappa shape index (κ3) is 5.24. The van der Waals surface area contributed by atoms with E-state index in [1.165, 1.54) is 31.4 Å². The zero-order valence-electron chi connectivity index (χ0n) is 15.7. The van der Waals surface area contributed by atoms with Gasteiger partial charge in [-0.3, -0.25) is 9.52 Å². The van der Waals surface area contributed by atoms with Crippen molar-refractivity contribution in [3.05, 3.63) is 58.6 Å². The van der Waals surface area contributed by atoms with Crippen molar-refractivity contribution >= 4 is 39.2 Å². The molecule has 0 aromatic heterocycles. The lowest BCUT2D eigenvalue weighted by molar-refractivity contribution is 0.0600. The summed E-state index contributed by atoms with van der Waals surface area (Å²) in [5.74, 6) is -0.851. The maximum atomic E-state index is 12.8. The Labute approximate surface area is 169 Å². The van der Waals surface area contributed by atoms with E-state index in [0.29, 0.717) is 6.54 Å². The van der Waals surface area contributed by atoms with Crippen molar-refractivity contribution in [3.63, 3.8) is 0 Å². The van der Waals surface area contributed by atoms with Gasteiger partial charge in [0, 0.05) is 6.54 Å². The molecule has 9 heteroatoms. The van der Waals surface area contributed by atoms with Gasteiger partial charge in [0.1, 0.15) is 4.90 Å². The SMILES string of the molecule is COC(=O)c1ccc(Cl)c(S(=O)(=O)Nc2ccccc2C(=O)NCC(C)C)c1. The van der Waals surface area contributed by atoms with Crippen LogP contribution in [0.25, 0.3) is 0 Å². The normalized spacial score (nSPS) is 11.2. The maximum absolute atomic E-state index is 12.8. The highest BCUT2D eigenvalue weighted by atomic mass is 35.5. The van der Waals surface area contributed by atoms with E-state index in [2.05, 4.69) is 14.8 Å². The number of benzene rings is 2. The number of esters is 1. The third-order valence-corrected chi connectivity index (χ3v) is 5.58. The Hall–Kier alpha value is -2.58. The van der Waals surface area contributed by atoms with Crippen LogP contribution >= 0.6 is 11.6 Å². The van der Waals surface area contributed by atoms with Gasteiger partial charge in [0.15, 0.2) is 0 Å². The number of sulfonamides is 1. The molecule has 7 nitrogen and oxygen atoms in total. The molecule has 0 aliphatic carbocycles. The van der Waals surface area contributed by atoms with Gasteiger partial charge in [-0.25, -0.2) is 13.2 Å². The number of methoxy groups -OCH3 is 1. The molecule has 2 N–H and O–H groups in total. The van der Waals surface area contributed by atoms with Crippen LogP contribution in [0.1, 0.15) is 34.6 Å². The predicted octanol–water partition coefficient (Wildman–Crippen LogP) is 3.31. The monoisotopic (exact) mass is 424 g/mol. The quantitative estimate of drug-likeness (QED) is 0.664. The smallest absolute Gasteiger partial charge is 0.337 e. The number of carbonyl (C=O) groups is 2. The molecule has 28 heavy (non-hydrogen) atoms. The first-order valence-corrected chi connectivity index (χ1v) is 10.3. The number of carbonyl (C=O) groups excluding carboxylic acids is 2. The van der Waals surface area contributed by atoms with Crippen molar-refractivity contribution in [3.8, 4) is 0 Å². The Bertz CT molecular complexity index is 990. The van der Waals surface area contributed by atoms with E-state index >= 15 is 0 Å². The van der Waals surface area contributed by atoms with Crippen LogP contribution in [-0.4, -0.2) is 33.9 Å². The van der Waals surface area contributed by atoms with Gasteiger partial charge in [-0.15, -0.1) is 0 Å². The summed E-state index contributed by atoms with van der Waals surface area (Å²) in [6.45, 7) is 4.35. The number of halogens is 1. The molecule has 2 aromatic rings. The van der Waals surface area contributed by atoms with Crippen LogP contribution in [0, 0.1) is 5.92 Å². The van der Waals surface area contributed by atoms with E-state index < -0.39 is 21.9 Å². The van der Waals surface area contributed by atoms with Crippen LogP contribution in [-0.2, 0) is 14.8 Å². The fourth-order valence-corrected chi connectivity index (χ4v) is 3.92. The first kappa shape index (κ1) is 21.7. The van der Waals surface area contributed by atoms with Crippen molar-refractivity contribution in [1.82, 2.24) is 5.32 Å². The molecule has 0 fully saturated rings. The number of anilines is 1. The van der Waals surface area contributed by atoms with Crippen LogP contribution in [0.2, 0.25) is 5.02 Å². The minimum absolute atomic E-state index is 0.0373. The van der Waals surface area contributed by atoms with Gasteiger partial charge in [0.25, 0.3) is 15.9 Å². The summed E-state index contributed by atoms with van der Waals surface area (Å²) in [4.78, 5) is 23.8. The molecule has 1 amide bonds. The molecule has 0 radical (unpaired) electrons. The molecule has 0 saturated carbocycles. The fourth-order valence-electron chi connectivity index (χ4n) is 2.32. The summed E-state index contributed by atoms with van der Waals surface area (Å²) in [5, 5.41) is 2.68. The second kappa shape index (κ2) is 9.07. The average molecular weight is 425 g/mol. The molecule has 2 aromatic carbocycles. The van der Waals surface area contributed by atoms with E-state index in [1.807, 2.05) is 13.8 Å². The van der Waals surface area contributed by atoms with Gasteiger partial charge >= 0.3 is 5.97 Å². The van der Waals surface area contributed by atoms with Crippen LogP contribution in [0.5, 0.6) is 0 Å².